The van der Waals surface area contributed by atoms with Gasteiger partial charge in [-0.1, -0.05) is 52.0 Å². The van der Waals surface area contributed by atoms with Crippen LogP contribution in [0.4, 0.5) is 0 Å². The molecule has 0 aliphatic heterocycles. The molecule has 0 atom stereocenters. The van der Waals surface area contributed by atoms with E-state index in [-0.39, 0.29) is 17.8 Å². The first-order valence-electron chi connectivity index (χ1n) is 11.0. The highest BCUT2D eigenvalue weighted by atomic mass is 16.5. The van der Waals surface area contributed by atoms with Gasteiger partial charge in [-0.15, -0.1) is 0 Å². The molecule has 0 radical (unpaired) electrons. The van der Waals surface area contributed by atoms with Crippen LogP contribution < -0.4 is 4.74 Å². The fraction of sp³-hybridized carbons (Fsp3) is 0.269. The molecule has 0 spiro atoms. The molecule has 0 aliphatic rings. The van der Waals surface area contributed by atoms with Crippen LogP contribution in [0.1, 0.15) is 45.0 Å². The van der Waals surface area contributed by atoms with Gasteiger partial charge in [0, 0.05) is 11.6 Å². The van der Waals surface area contributed by atoms with Crippen molar-refractivity contribution in [2.24, 2.45) is 5.92 Å². The minimum absolute atomic E-state index is 0.169. The van der Waals surface area contributed by atoms with E-state index in [2.05, 4.69) is 37.3 Å². The molecule has 3 heterocycles. The molecule has 0 unspecified atom stereocenters. The Balaban J connectivity index is 1.93. The van der Waals surface area contributed by atoms with E-state index in [9.17, 15) is 4.79 Å². The number of rotatable bonds is 4. The second kappa shape index (κ2) is 7.48. The zero-order valence-corrected chi connectivity index (χ0v) is 19.0. The molecule has 32 heavy (non-hydrogen) atoms. The van der Waals surface area contributed by atoms with Crippen LogP contribution in [0.5, 0.6) is 5.75 Å². The minimum Gasteiger partial charge on any atom is -0.424 e. The van der Waals surface area contributed by atoms with Crippen molar-refractivity contribution >= 4 is 33.7 Å². The summed E-state index contributed by atoms with van der Waals surface area (Å²) in [4.78, 5) is 22.6. The number of aryl methyl sites for hydroxylation is 1. The summed E-state index contributed by atoms with van der Waals surface area (Å²) in [6.07, 6.45) is 1.86. The van der Waals surface area contributed by atoms with Gasteiger partial charge in [0.15, 0.2) is 17.0 Å². The molecule has 0 N–H and O–H groups in total. The van der Waals surface area contributed by atoms with E-state index in [0.29, 0.717) is 5.75 Å². The summed E-state index contributed by atoms with van der Waals surface area (Å²) in [5, 5.41) is 0.737. The van der Waals surface area contributed by atoms with E-state index < -0.39 is 0 Å². The predicted molar refractivity (Wildman–Crippen MR) is 127 cm³/mol. The van der Waals surface area contributed by atoms with Crippen molar-refractivity contribution in [3.05, 3.63) is 66.1 Å². The highest BCUT2D eigenvalue weighted by Gasteiger charge is 2.24. The van der Waals surface area contributed by atoms with E-state index in [1.165, 1.54) is 0 Å². The van der Waals surface area contributed by atoms with Crippen LogP contribution in [0.2, 0.25) is 0 Å². The molecule has 0 saturated carbocycles. The Morgan fingerprint density at radius 1 is 0.969 bits per heavy atom. The molecule has 5 rings (SSSR count). The summed E-state index contributed by atoms with van der Waals surface area (Å²) < 4.78 is 9.96. The Morgan fingerprint density at radius 2 is 1.75 bits per heavy atom. The van der Waals surface area contributed by atoms with Crippen molar-refractivity contribution in [3.63, 3.8) is 0 Å². The Kier molecular flexibility index (Phi) is 4.73. The maximum absolute atomic E-state index is 12.6. The highest BCUT2D eigenvalue weighted by molar-refractivity contribution is 6.01. The number of aromatic nitrogens is 4. The van der Waals surface area contributed by atoms with Crippen molar-refractivity contribution in [2.45, 2.75) is 40.5 Å². The Labute approximate surface area is 186 Å². The largest absolute Gasteiger partial charge is 0.424 e. The van der Waals surface area contributed by atoms with Gasteiger partial charge in [-0.3, -0.25) is 13.8 Å². The second-order valence-electron chi connectivity index (χ2n) is 8.86. The summed E-state index contributed by atoms with van der Waals surface area (Å²) in [7, 11) is 0. The van der Waals surface area contributed by atoms with Gasteiger partial charge >= 0.3 is 5.97 Å². The first-order chi connectivity index (χ1) is 15.3. The lowest BCUT2D eigenvalue weighted by Gasteiger charge is -2.12. The maximum atomic E-state index is 12.6. The number of hydrogen-bond acceptors (Lipinski definition) is 4. The molecule has 6 nitrogen and oxygen atoms in total. The quantitative estimate of drug-likeness (QED) is 0.340. The summed E-state index contributed by atoms with van der Waals surface area (Å²) in [6.45, 7) is 9.97. The van der Waals surface area contributed by atoms with Gasteiger partial charge < -0.3 is 4.74 Å². The van der Waals surface area contributed by atoms with E-state index in [4.69, 9.17) is 14.7 Å². The summed E-state index contributed by atoms with van der Waals surface area (Å²) in [5.41, 5.74) is 5.45. The fourth-order valence-corrected chi connectivity index (χ4v) is 4.04. The smallest absolute Gasteiger partial charge is 0.313 e. The zero-order valence-electron chi connectivity index (χ0n) is 19.0. The number of imidazole rings is 1. The monoisotopic (exact) mass is 426 g/mol. The van der Waals surface area contributed by atoms with Crippen molar-refractivity contribution in [1.29, 1.82) is 0 Å². The topological polar surface area (TPSA) is 61.4 Å². The third kappa shape index (κ3) is 3.14. The van der Waals surface area contributed by atoms with Crippen LogP contribution in [0, 0.1) is 12.8 Å². The number of carbonyl (C=O) groups excluding carboxylic acids is 1. The van der Waals surface area contributed by atoms with Crippen LogP contribution in [-0.4, -0.2) is 24.9 Å². The molecule has 0 amide bonds. The molecule has 6 heteroatoms. The van der Waals surface area contributed by atoms with Crippen LogP contribution in [0.15, 0.2) is 54.7 Å². The molecule has 0 bridgehead atoms. The van der Waals surface area contributed by atoms with Gasteiger partial charge in [0.05, 0.1) is 23.1 Å². The Morgan fingerprint density at radius 3 is 2.47 bits per heavy atom. The second-order valence-corrected chi connectivity index (χ2v) is 8.86. The molecule has 2 aromatic carbocycles. The van der Waals surface area contributed by atoms with Crippen molar-refractivity contribution in [2.75, 3.05) is 0 Å². The van der Waals surface area contributed by atoms with E-state index in [1.807, 2.05) is 61.0 Å². The third-order valence-electron chi connectivity index (χ3n) is 5.66. The fourth-order valence-electron chi connectivity index (χ4n) is 4.04. The van der Waals surface area contributed by atoms with Gasteiger partial charge in [-0.05, 0) is 36.8 Å². The number of carbonyl (C=O) groups is 1. The minimum atomic E-state index is -0.282. The Bertz CT molecular complexity index is 1490. The first-order valence-corrected chi connectivity index (χ1v) is 11.0. The number of nitrogens with zero attached hydrogens (tertiary/aromatic N) is 4. The third-order valence-corrected chi connectivity index (χ3v) is 5.66. The summed E-state index contributed by atoms with van der Waals surface area (Å²) in [6, 6.07) is 16.2. The van der Waals surface area contributed by atoms with Crippen LogP contribution in [0.25, 0.3) is 33.4 Å². The maximum Gasteiger partial charge on any atom is 0.313 e. The van der Waals surface area contributed by atoms with Crippen molar-refractivity contribution in [1.82, 2.24) is 18.9 Å². The molecule has 3 aromatic heterocycles. The highest BCUT2D eigenvalue weighted by Crippen LogP contribution is 2.36. The predicted octanol–water partition coefficient (Wildman–Crippen LogP) is 5.82. The molecule has 0 saturated heterocycles. The first kappa shape index (κ1) is 20.2. The SMILES string of the molecule is Cc1cccc(-n2cc(OC(=O)C(C)C)c3c2nc(C(C)C)n2c4ccccc4nc32)c1. The van der Waals surface area contributed by atoms with Gasteiger partial charge in [-0.25, -0.2) is 9.97 Å². The normalized spacial score (nSPS) is 12.0. The van der Waals surface area contributed by atoms with E-state index in [1.54, 1.807) is 0 Å². The summed E-state index contributed by atoms with van der Waals surface area (Å²) >= 11 is 0. The van der Waals surface area contributed by atoms with Crippen LogP contribution >= 0.6 is 0 Å². The standard InChI is InChI=1S/C26H26N4O2/c1-15(2)23-28-24-22(25-27-19-11-6-7-12-20(19)30(23)25)21(32-26(31)16(3)4)14-29(24)18-10-8-9-17(5)13-18/h6-16H,1-5H3. The molecular formula is C26H26N4O2. The molecule has 5 aromatic rings. The van der Waals surface area contributed by atoms with Gasteiger partial charge in [0.2, 0.25) is 0 Å². The number of esters is 1. The lowest BCUT2D eigenvalue weighted by molar-refractivity contribution is -0.137. The molecule has 162 valence electrons. The molecule has 0 aliphatic carbocycles. The van der Waals surface area contributed by atoms with Crippen molar-refractivity contribution in [3.8, 4) is 11.4 Å². The Hall–Kier alpha value is -3.67. The van der Waals surface area contributed by atoms with E-state index >= 15 is 0 Å². The number of fused-ring (bicyclic) bond motifs is 5. The molecular weight excluding hydrogens is 400 g/mol. The number of ether oxygens (including phenoxy) is 1. The van der Waals surface area contributed by atoms with Gasteiger partial charge in [-0.2, -0.15) is 0 Å². The van der Waals surface area contributed by atoms with Gasteiger partial charge in [0.25, 0.3) is 0 Å². The number of benzene rings is 2. The summed E-state index contributed by atoms with van der Waals surface area (Å²) in [5.74, 6) is 1.03. The van der Waals surface area contributed by atoms with Gasteiger partial charge in [0.1, 0.15) is 11.2 Å². The number of para-hydroxylation sites is 2. The average molecular weight is 427 g/mol. The van der Waals surface area contributed by atoms with E-state index in [0.717, 1.165) is 44.8 Å². The van der Waals surface area contributed by atoms with Crippen LogP contribution in [0.3, 0.4) is 0 Å². The average Bonchev–Trinajstić information content (AvgIpc) is 3.31. The molecule has 0 fully saturated rings. The zero-order chi connectivity index (χ0) is 22.6. The lowest BCUT2D eigenvalue weighted by Crippen LogP contribution is -2.14. The van der Waals surface area contributed by atoms with Crippen molar-refractivity contribution < 1.29 is 9.53 Å². The van der Waals surface area contributed by atoms with Crippen LogP contribution in [-0.2, 0) is 4.79 Å². The lowest BCUT2D eigenvalue weighted by atomic mass is 10.2. The number of hydrogen-bond donors (Lipinski definition) is 0.